The topological polar surface area (TPSA) is 31.4 Å². The molecule has 0 amide bonds. The maximum atomic E-state index is 5.26. The summed E-state index contributed by atoms with van der Waals surface area (Å²) in [7, 11) is 3.26. The van der Waals surface area contributed by atoms with Gasteiger partial charge in [-0.3, -0.25) is 4.98 Å². The first kappa shape index (κ1) is 16.5. The zero-order valence-electron chi connectivity index (χ0n) is 11.8. The molecule has 3 nitrogen and oxygen atoms in total. The van der Waals surface area contributed by atoms with Crippen molar-refractivity contribution in [2.75, 3.05) is 19.2 Å². The van der Waals surface area contributed by atoms with Gasteiger partial charge in [-0.15, -0.1) is 0 Å². The van der Waals surface area contributed by atoms with Crippen LogP contribution in [-0.2, 0) is 0 Å². The average molecular weight is 383 g/mol. The molecule has 1 aromatic carbocycles. The molecule has 0 fully saturated rings. The summed E-state index contributed by atoms with van der Waals surface area (Å²) in [4.78, 5) is 6.03. The minimum Gasteiger partial charge on any atom is -0.493 e. The molecule has 0 saturated heterocycles. The number of halogens is 1. The molecule has 2 rings (SSSR count). The molecule has 20 heavy (non-hydrogen) atoms. The third-order valence-corrected chi connectivity index (χ3v) is 2.56. The van der Waals surface area contributed by atoms with E-state index < -0.39 is 0 Å². The van der Waals surface area contributed by atoms with E-state index in [-0.39, 0.29) is 0 Å². The molecule has 1 aromatic heterocycles. The van der Waals surface area contributed by atoms with Crippen LogP contribution in [0, 0.1) is 0 Å². The van der Waals surface area contributed by atoms with Crippen LogP contribution in [0.2, 0.25) is 0 Å². The van der Waals surface area contributed by atoms with Crippen LogP contribution in [0.1, 0.15) is 11.1 Å². The lowest BCUT2D eigenvalue weighted by Gasteiger charge is -2.07. The van der Waals surface area contributed by atoms with E-state index in [0.717, 1.165) is 22.6 Å². The van der Waals surface area contributed by atoms with Crippen molar-refractivity contribution >= 4 is 34.7 Å². The molecule has 0 bridgehead atoms. The Morgan fingerprint density at radius 2 is 1.65 bits per heavy atom. The van der Waals surface area contributed by atoms with Crippen molar-refractivity contribution in [2.24, 2.45) is 0 Å². The molecule has 106 valence electrons. The summed E-state index contributed by atoms with van der Waals surface area (Å²) in [6.45, 7) is 0. The standard InChI is InChI=1S/C15H15NO2.CH3I/c1-17-14-8-7-12(10-15(14)18-2)5-6-13-4-3-9-16-11-13;1-2/h3-11H,1-2H3;1H3/b6-5+;. The number of pyridine rings is 1. The third kappa shape index (κ3) is 4.85. The number of aromatic nitrogens is 1. The highest BCUT2D eigenvalue weighted by Gasteiger charge is 2.02. The van der Waals surface area contributed by atoms with Crippen molar-refractivity contribution in [3.8, 4) is 11.5 Å². The van der Waals surface area contributed by atoms with Crippen molar-refractivity contribution in [2.45, 2.75) is 0 Å². The highest BCUT2D eigenvalue weighted by atomic mass is 127. The van der Waals surface area contributed by atoms with Crippen molar-refractivity contribution in [3.63, 3.8) is 0 Å². The number of nitrogens with zero attached hydrogens (tertiary/aromatic N) is 1. The van der Waals surface area contributed by atoms with Crippen LogP contribution in [0.25, 0.3) is 12.2 Å². The average Bonchev–Trinajstić information content (AvgIpc) is 2.55. The molecular weight excluding hydrogens is 365 g/mol. The van der Waals surface area contributed by atoms with E-state index >= 15 is 0 Å². The highest BCUT2D eigenvalue weighted by molar-refractivity contribution is 14.1. The van der Waals surface area contributed by atoms with Gasteiger partial charge in [-0.05, 0) is 34.3 Å². The molecular formula is C16H18INO2. The Labute approximate surface area is 133 Å². The van der Waals surface area contributed by atoms with Crippen molar-refractivity contribution < 1.29 is 9.47 Å². The monoisotopic (exact) mass is 383 g/mol. The molecule has 0 radical (unpaired) electrons. The third-order valence-electron chi connectivity index (χ3n) is 2.56. The lowest BCUT2D eigenvalue weighted by molar-refractivity contribution is 0.355. The van der Waals surface area contributed by atoms with E-state index in [4.69, 9.17) is 9.47 Å². The number of alkyl halides is 1. The first-order valence-corrected chi connectivity index (χ1v) is 8.17. The van der Waals surface area contributed by atoms with Gasteiger partial charge in [-0.2, -0.15) is 0 Å². The van der Waals surface area contributed by atoms with Crippen LogP contribution in [0.5, 0.6) is 11.5 Å². The minimum atomic E-state index is 0.728. The Balaban J connectivity index is 0.000000956. The van der Waals surface area contributed by atoms with E-state index in [1.54, 1.807) is 20.4 Å². The fourth-order valence-corrected chi connectivity index (χ4v) is 1.62. The molecule has 0 saturated carbocycles. The summed E-state index contributed by atoms with van der Waals surface area (Å²) in [5.41, 5.74) is 2.11. The van der Waals surface area contributed by atoms with Crippen molar-refractivity contribution in [1.82, 2.24) is 4.98 Å². The fraction of sp³-hybridized carbons (Fsp3) is 0.188. The van der Waals surface area contributed by atoms with E-state index in [9.17, 15) is 0 Å². The Morgan fingerprint density at radius 3 is 2.25 bits per heavy atom. The molecule has 0 aliphatic rings. The Bertz CT molecular complexity index is 541. The Hall–Kier alpha value is -1.56. The molecule has 0 aliphatic heterocycles. The van der Waals surface area contributed by atoms with Crippen LogP contribution in [0.3, 0.4) is 0 Å². The first-order valence-electron chi connectivity index (χ1n) is 6.01. The second-order valence-electron chi connectivity index (χ2n) is 3.73. The van der Waals surface area contributed by atoms with Gasteiger partial charge in [0, 0.05) is 12.4 Å². The minimum absolute atomic E-state index is 0.728. The molecule has 0 unspecified atom stereocenters. The molecule has 0 spiro atoms. The zero-order chi connectivity index (χ0) is 14.8. The van der Waals surface area contributed by atoms with Crippen LogP contribution < -0.4 is 9.47 Å². The van der Waals surface area contributed by atoms with Crippen LogP contribution in [-0.4, -0.2) is 24.1 Å². The predicted molar refractivity (Wildman–Crippen MR) is 92.7 cm³/mol. The Kier molecular flexibility index (Phi) is 7.72. The van der Waals surface area contributed by atoms with Gasteiger partial charge in [0.15, 0.2) is 11.5 Å². The highest BCUT2D eigenvalue weighted by Crippen LogP contribution is 2.28. The predicted octanol–water partition coefficient (Wildman–Crippen LogP) is 4.32. The second-order valence-corrected chi connectivity index (χ2v) is 3.73. The molecule has 0 aliphatic carbocycles. The number of hydrogen-bond acceptors (Lipinski definition) is 3. The summed E-state index contributed by atoms with van der Waals surface area (Å²) >= 11 is 2.15. The second kappa shape index (κ2) is 9.36. The van der Waals surface area contributed by atoms with Gasteiger partial charge in [0.1, 0.15) is 0 Å². The number of methoxy groups -OCH3 is 2. The fourth-order valence-electron chi connectivity index (χ4n) is 1.62. The summed E-state index contributed by atoms with van der Waals surface area (Å²) < 4.78 is 10.5. The van der Waals surface area contributed by atoms with Crippen LogP contribution in [0.4, 0.5) is 0 Å². The van der Waals surface area contributed by atoms with E-state index in [1.807, 2.05) is 53.6 Å². The van der Waals surface area contributed by atoms with Gasteiger partial charge < -0.3 is 9.47 Å². The molecule has 0 N–H and O–H groups in total. The van der Waals surface area contributed by atoms with E-state index in [0.29, 0.717) is 0 Å². The van der Waals surface area contributed by atoms with Crippen molar-refractivity contribution in [3.05, 3.63) is 53.9 Å². The van der Waals surface area contributed by atoms with Crippen LogP contribution >= 0.6 is 22.6 Å². The molecule has 0 atom stereocenters. The molecule has 4 heteroatoms. The Morgan fingerprint density at radius 1 is 0.950 bits per heavy atom. The number of ether oxygens (including phenoxy) is 2. The maximum Gasteiger partial charge on any atom is 0.161 e. The first-order chi connectivity index (χ1) is 9.83. The number of rotatable bonds is 4. The van der Waals surface area contributed by atoms with Gasteiger partial charge in [0.05, 0.1) is 14.2 Å². The van der Waals surface area contributed by atoms with Gasteiger partial charge >= 0.3 is 0 Å². The number of hydrogen-bond donors (Lipinski definition) is 0. The smallest absolute Gasteiger partial charge is 0.161 e. The lowest BCUT2D eigenvalue weighted by Crippen LogP contribution is -1.90. The zero-order valence-corrected chi connectivity index (χ0v) is 14.0. The van der Waals surface area contributed by atoms with Gasteiger partial charge in [-0.25, -0.2) is 0 Å². The van der Waals surface area contributed by atoms with E-state index in [1.165, 1.54) is 0 Å². The quantitative estimate of drug-likeness (QED) is 0.582. The summed E-state index contributed by atoms with van der Waals surface area (Å²) in [6.07, 6.45) is 7.60. The molecule has 1 heterocycles. The lowest BCUT2D eigenvalue weighted by atomic mass is 10.1. The van der Waals surface area contributed by atoms with Gasteiger partial charge in [0.25, 0.3) is 0 Å². The normalized spacial score (nSPS) is 9.80. The van der Waals surface area contributed by atoms with Gasteiger partial charge in [0.2, 0.25) is 0 Å². The van der Waals surface area contributed by atoms with E-state index in [2.05, 4.69) is 27.6 Å². The largest absolute Gasteiger partial charge is 0.493 e. The molecule has 2 aromatic rings. The van der Waals surface area contributed by atoms with Crippen molar-refractivity contribution in [1.29, 1.82) is 0 Å². The maximum absolute atomic E-state index is 5.26. The SMILES string of the molecule is CI.COc1ccc(/C=C/c2cccnc2)cc1OC. The summed E-state index contributed by atoms with van der Waals surface area (Å²) in [6, 6.07) is 9.72. The van der Waals surface area contributed by atoms with Crippen LogP contribution in [0.15, 0.2) is 42.7 Å². The van der Waals surface area contributed by atoms with Gasteiger partial charge in [-0.1, -0.05) is 46.9 Å². The summed E-state index contributed by atoms with van der Waals surface area (Å²) in [5, 5.41) is 0. The number of benzene rings is 1. The summed E-state index contributed by atoms with van der Waals surface area (Å²) in [5.74, 6) is 1.46.